The van der Waals surface area contributed by atoms with E-state index in [2.05, 4.69) is 15.0 Å². The molecule has 0 unspecified atom stereocenters. The number of methoxy groups -OCH3 is 1. The van der Waals surface area contributed by atoms with Crippen molar-refractivity contribution in [3.8, 4) is 0 Å². The van der Waals surface area contributed by atoms with Gasteiger partial charge in [-0.3, -0.25) is 19.3 Å². The SMILES string of the molecule is COC(=O)c1cnc(NC(=O)CCCN2C(=O)c3ccccc3C2=O)s1. The Morgan fingerprint density at radius 3 is 2.46 bits per heavy atom. The van der Waals surface area contributed by atoms with E-state index >= 15 is 0 Å². The van der Waals surface area contributed by atoms with E-state index < -0.39 is 5.97 Å². The number of carbonyl (C=O) groups is 4. The third kappa shape index (κ3) is 3.47. The van der Waals surface area contributed by atoms with Crippen LogP contribution >= 0.6 is 11.3 Å². The number of imide groups is 1. The number of carbonyl (C=O) groups excluding carboxylic acids is 4. The van der Waals surface area contributed by atoms with Gasteiger partial charge in [0.2, 0.25) is 5.91 Å². The Labute approximate surface area is 152 Å². The molecule has 0 saturated carbocycles. The molecule has 0 saturated heterocycles. The van der Waals surface area contributed by atoms with Crippen LogP contribution < -0.4 is 5.32 Å². The van der Waals surface area contributed by atoms with Crippen molar-refractivity contribution in [2.24, 2.45) is 0 Å². The summed E-state index contributed by atoms with van der Waals surface area (Å²) in [6.45, 7) is 0.158. The molecule has 2 aromatic rings. The number of fused-ring (bicyclic) bond motifs is 1. The zero-order valence-corrected chi connectivity index (χ0v) is 14.7. The number of aromatic nitrogens is 1. The predicted molar refractivity (Wildman–Crippen MR) is 93.1 cm³/mol. The summed E-state index contributed by atoms with van der Waals surface area (Å²) >= 11 is 1.01. The second-order valence-electron chi connectivity index (χ2n) is 5.48. The standard InChI is InChI=1S/C17H15N3O5S/c1-25-16(24)12-9-18-17(26-12)19-13(21)7-4-8-20-14(22)10-5-2-3-6-11(10)15(20)23/h2-3,5-6,9H,4,7-8H2,1H3,(H,18,19,21). The monoisotopic (exact) mass is 373 g/mol. The molecule has 1 aromatic carbocycles. The molecule has 0 radical (unpaired) electrons. The highest BCUT2D eigenvalue weighted by molar-refractivity contribution is 7.17. The molecule has 1 aliphatic rings. The minimum absolute atomic E-state index is 0.112. The molecular weight excluding hydrogens is 358 g/mol. The molecule has 3 amide bonds. The van der Waals surface area contributed by atoms with Crippen LogP contribution in [-0.4, -0.2) is 47.2 Å². The summed E-state index contributed by atoms with van der Waals surface area (Å²) in [5, 5.41) is 2.87. The number of rotatable bonds is 6. The van der Waals surface area contributed by atoms with E-state index in [1.807, 2.05) is 0 Å². The van der Waals surface area contributed by atoms with E-state index in [0.29, 0.717) is 17.5 Å². The third-order valence-corrected chi connectivity index (χ3v) is 4.70. The molecule has 0 spiro atoms. The van der Waals surface area contributed by atoms with E-state index in [1.54, 1.807) is 24.3 Å². The van der Waals surface area contributed by atoms with Gasteiger partial charge >= 0.3 is 5.97 Å². The van der Waals surface area contributed by atoms with Crippen molar-refractivity contribution in [3.05, 3.63) is 46.5 Å². The van der Waals surface area contributed by atoms with E-state index in [4.69, 9.17) is 0 Å². The summed E-state index contributed by atoms with van der Waals surface area (Å²) in [7, 11) is 1.26. The first kappa shape index (κ1) is 17.7. The summed E-state index contributed by atoms with van der Waals surface area (Å²) in [6.07, 6.45) is 1.76. The number of anilines is 1. The Kier molecular flexibility index (Phi) is 5.08. The smallest absolute Gasteiger partial charge is 0.349 e. The first-order valence-corrected chi connectivity index (χ1v) is 8.62. The summed E-state index contributed by atoms with van der Waals surface area (Å²) in [5.74, 6) is -1.51. The zero-order chi connectivity index (χ0) is 18.7. The molecule has 1 N–H and O–H groups in total. The van der Waals surface area contributed by atoms with Crippen molar-refractivity contribution in [2.75, 3.05) is 19.0 Å². The van der Waals surface area contributed by atoms with Crippen LogP contribution in [0.1, 0.15) is 43.2 Å². The lowest BCUT2D eigenvalue weighted by atomic mass is 10.1. The van der Waals surface area contributed by atoms with Gasteiger partial charge in [0.05, 0.1) is 24.4 Å². The van der Waals surface area contributed by atoms with Crippen LogP contribution in [0, 0.1) is 0 Å². The number of nitrogens with zero attached hydrogens (tertiary/aromatic N) is 2. The molecule has 0 aliphatic carbocycles. The fourth-order valence-electron chi connectivity index (χ4n) is 2.55. The summed E-state index contributed by atoms with van der Waals surface area (Å²) < 4.78 is 4.57. The van der Waals surface area contributed by atoms with Gasteiger partial charge in [-0.15, -0.1) is 0 Å². The summed E-state index contributed by atoms with van der Waals surface area (Å²) in [5.41, 5.74) is 0.778. The first-order valence-electron chi connectivity index (χ1n) is 7.80. The summed E-state index contributed by atoms with van der Waals surface area (Å²) in [6, 6.07) is 6.64. The van der Waals surface area contributed by atoms with Gasteiger partial charge < -0.3 is 10.1 Å². The fraction of sp³-hybridized carbons (Fsp3) is 0.235. The molecule has 0 bridgehead atoms. The van der Waals surface area contributed by atoms with Crippen LogP contribution in [-0.2, 0) is 9.53 Å². The maximum absolute atomic E-state index is 12.2. The molecule has 0 fully saturated rings. The zero-order valence-electron chi connectivity index (χ0n) is 13.9. The van der Waals surface area contributed by atoms with Gasteiger partial charge in [-0.05, 0) is 18.6 Å². The second-order valence-corrected chi connectivity index (χ2v) is 6.51. The molecule has 0 atom stereocenters. The minimum Gasteiger partial charge on any atom is -0.465 e. The molecule has 134 valence electrons. The average Bonchev–Trinajstić information content (AvgIpc) is 3.20. The van der Waals surface area contributed by atoms with E-state index in [-0.39, 0.29) is 40.7 Å². The molecular formula is C17H15N3O5S. The maximum Gasteiger partial charge on any atom is 0.349 e. The largest absolute Gasteiger partial charge is 0.465 e. The number of nitrogens with one attached hydrogen (secondary N) is 1. The highest BCUT2D eigenvalue weighted by atomic mass is 32.1. The van der Waals surface area contributed by atoms with Crippen LogP contribution in [0.4, 0.5) is 5.13 Å². The third-order valence-electron chi connectivity index (χ3n) is 3.80. The molecule has 1 aliphatic heterocycles. The lowest BCUT2D eigenvalue weighted by molar-refractivity contribution is -0.116. The number of benzene rings is 1. The summed E-state index contributed by atoms with van der Waals surface area (Å²) in [4.78, 5) is 53.1. The highest BCUT2D eigenvalue weighted by Gasteiger charge is 2.34. The van der Waals surface area contributed by atoms with E-state index in [1.165, 1.54) is 13.3 Å². The van der Waals surface area contributed by atoms with Gasteiger partial charge in [-0.25, -0.2) is 9.78 Å². The molecule has 3 rings (SSSR count). The quantitative estimate of drug-likeness (QED) is 0.613. The number of hydrogen-bond acceptors (Lipinski definition) is 7. The maximum atomic E-state index is 12.2. The van der Waals surface area contributed by atoms with Crippen molar-refractivity contribution in [1.82, 2.24) is 9.88 Å². The van der Waals surface area contributed by atoms with Gasteiger partial charge in [0.25, 0.3) is 11.8 Å². The topological polar surface area (TPSA) is 106 Å². The van der Waals surface area contributed by atoms with Crippen molar-refractivity contribution >= 4 is 40.2 Å². The molecule has 8 nitrogen and oxygen atoms in total. The van der Waals surface area contributed by atoms with Crippen LogP contribution in [0.3, 0.4) is 0 Å². The van der Waals surface area contributed by atoms with Crippen molar-refractivity contribution < 1.29 is 23.9 Å². The van der Waals surface area contributed by atoms with E-state index in [9.17, 15) is 19.2 Å². The lowest BCUT2D eigenvalue weighted by Gasteiger charge is -2.13. The molecule has 26 heavy (non-hydrogen) atoms. The Hall–Kier alpha value is -3.07. The van der Waals surface area contributed by atoms with Crippen LogP contribution in [0.15, 0.2) is 30.5 Å². The Morgan fingerprint density at radius 1 is 1.19 bits per heavy atom. The van der Waals surface area contributed by atoms with Crippen LogP contribution in [0.2, 0.25) is 0 Å². The Morgan fingerprint density at radius 2 is 1.85 bits per heavy atom. The van der Waals surface area contributed by atoms with Crippen molar-refractivity contribution in [1.29, 1.82) is 0 Å². The number of hydrogen-bond donors (Lipinski definition) is 1. The number of amides is 3. The minimum atomic E-state index is -0.520. The average molecular weight is 373 g/mol. The van der Waals surface area contributed by atoms with E-state index in [0.717, 1.165) is 16.2 Å². The predicted octanol–water partition coefficient (Wildman–Crippen LogP) is 1.94. The van der Waals surface area contributed by atoms with Crippen molar-refractivity contribution in [2.45, 2.75) is 12.8 Å². The highest BCUT2D eigenvalue weighted by Crippen LogP contribution is 2.23. The molecule has 1 aromatic heterocycles. The van der Waals surface area contributed by atoms with Crippen LogP contribution in [0.25, 0.3) is 0 Å². The molecule has 2 heterocycles. The van der Waals surface area contributed by atoms with Crippen LogP contribution in [0.5, 0.6) is 0 Å². The van der Waals surface area contributed by atoms with Crippen molar-refractivity contribution in [3.63, 3.8) is 0 Å². The second kappa shape index (κ2) is 7.44. The van der Waals surface area contributed by atoms with Gasteiger partial charge in [-0.1, -0.05) is 23.5 Å². The van der Waals surface area contributed by atoms with Gasteiger partial charge in [0, 0.05) is 13.0 Å². The molecule has 9 heteroatoms. The van der Waals surface area contributed by atoms with Gasteiger partial charge in [-0.2, -0.15) is 0 Å². The van der Waals surface area contributed by atoms with Gasteiger partial charge in [0.1, 0.15) is 4.88 Å². The fourth-order valence-corrected chi connectivity index (χ4v) is 3.30. The number of thiazole rings is 1. The normalized spacial score (nSPS) is 12.9. The van der Waals surface area contributed by atoms with Gasteiger partial charge in [0.15, 0.2) is 5.13 Å². The first-order chi connectivity index (χ1) is 12.5. The number of esters is 1. The number of ether oxygens (including phenoxy) is 1. The lowest BCUT2D eigenvalue weighted by Crippen LogP contribution is -2.31. The Bertz CT molecular complexity index is 857. The Balaban J connectivity index is 1.50.